The number of nitrogens with one attached hydrogen (secondary N) is 2. The smallest absolute Gasteiger partial charge is 0.231 e. The van der Waals surface area contributed by atoms with E-state index in [1.165, 1.54) is 12.8 Å². The van der Waals surface area contributed by atoms with Gasteiger partial charge in [0.2, 0.25) is 17.8 Å². The predicted molar refractivity (Wildman–Crippen MR) is 85.1 cm³/mol. The number of hydrogen-bond acceptors (Lipinski definition) is 8. The molecule has 7 nitrogen and oxygen atoms in total. The molecule has 0 bridgehead atoms. The van der Waals surface area contributed by atoms with E-state index in [1.54, 1.807) is 11.3 Å². The second-order valence-corrected chi connectivity index (χ2v) is 5.81. The van der Waals surface area contributed by atoms with Gasteiger partial charge in [-0.2, -0.15) is 15.0 Å². The summed E-state index contributed by atoms with van der Waals surface area (Å²) >= 11 is 1.66. The highest BCUT2D eigenvalue weighted by Gasteiger charge is 2.17. The summed E-state index contributed by atoms with van der Waals surface area (Å²) < 4.78 is 0. The van der Waals surface area contributed by atoms with E-state index < -0.39 is 0 Å². The van der Waals surface area contributed by atoms with Crippen molar-refractivity contribution in [2.24, 2.45) is 0 Å². The van der Waals surface area contributed by atoms with Gasteiger partial charge < -0.3 is 15.5 Å². The number of rotatable bonds is 6. The minimum absolute atomic E-state index is 0.601. The van der Waals surface area contributed by atoms with E-state index >= 15 is 0 Å². The Morgan fingerprint density at radius 3 is 2.71 bits per heavy atom. The fourth-order valence-electron chi connectivity index (χ4n) is 2.27. The van der Waals surface area contributed by atoms with Crippen molar-refractivity contribution in [1.29, 1.82) is 0 Å². The van der Waals surface area contributed by atoms with Crippen molar-refractivity contribution in [1.82, 2.24) is 19.9 Å². The van der Waals surface area contributed by atoms with Gasteiger partial charge in [-0.1, -0.05) is 0 Å². The maximum Gasteiger partial charge on any atom is 0.231 e. The van der Waals surface area contributed by atoms with Crippen molar-refractivity contribution in [3.05, 3.63) is 16.6 Å². The standard InChI is InChI=1S/C13H19N7S/c1-14-11-17-12(16-5-4-10-15-6-9-21-10)19-13(18-11)20-7-2-3-8-20/h6,9H,2-5,7-8H2,1H3,(H2,14,16,17,18,19). The molecule has 0 saturated carbocycles. The second-order valence-electron chi connectivity index (χ2n) is 4.83. The Morgan fingerprint density at radius 1 is 1.19 bits per heavy atom. The van der Waals surface area contributed by atoms with Crippen LogP contribution in [0.1, 0.15) is 17.8 Å². The summed E-state index contributed by atoms with van der Waals surface area (Å²) in [4.78, 5) is 19.8. The molecule has 0 amide bonds. The maximum atomic E-state index is 4.52. The molecule has 0 atom stereocenters. The summed E-state index contributed by atoms with van der Waals surface area (Å²) in [6.45, 7) is 2.80. The van der Waals surface area contributed by atoms with Gasteiger partial charge in [0.15, 0.2) is 0 Å². The van der Waals surface area contributed by atoms with Gasteiger partial charge in [-0.15, -0.1) is 11.3 Å². The first-order chi connectivity index (χ1) is 10.3. The Labute approximate surface area is 127 Å². The first kappa shape index (κ1) is 14.0. The summed E-state index contributed by atoms with van der Waals surface area (Å²) in [7, 11) is 1.82. The molecular weight excluding hydrogens is 286 g/mol. The fraction of sp³-hybridized carbons (Fsp3) is 0.538. The molecule has 8 heteroatoms. The Bertz CT molecular complexity index is 566. The monoisotopic (exact) mass is 305 g/mol. The highest BCUT2D eigenvalue weighted by Crippen LogP contribution is 2.18. The third kappa shape index (κ3) is 3.57. The SMILES string of the molecule is CNc1nc(NCCc2nccs2)nc(N2CCCC2)n1. The van der Waals surface area contributed by atoms with Crippen LogP contribution in [0.15, 0.2) is 11.6 Å². The quantitative estimate of drug-likeness (QED) is 0.839. The van der Waals surface area contributed by atoms with Crippen LogP contribution in [-0.2, 0) is 6.42 Å². The summed E-state index contributed by atoms with van der Waals surface area (Å²) in [5.74, 6) is 1.97. The first-order valence-electron chi connectivity index (χ1n) is 7.16. The van der Waals surface area contributed by atoms with Gasteiger partial charge in [0, 0.05) is 44.7 Å². The van der Waals surface area contributed by atoms with Crippen LogP contribution in [0.3, 0.4) is 0 Å². The van der Waals surface area contributed by atoms with E-state index in [0.717, 1.165) is 37.0 Å². The largest absolute Gasteiger partial charge is 0.357 e. The molecule has 1 fully saturated rings. The minimum atomic E-state index is 0.601. The lowest BCUT2D eigenvalue weighted by atomic mass is 10.4. The van der Waals surface area contributed by atoms with Gasteiger partial charge in [0.1, 0.15) is 0 Å². The maximum absolute atomic E-state index is 4.52. The van der Waals surface area contributed by atoms with Crippen LogP contribution < -0.4 is 15.5 Å². The number of aromatic nitrogens is 4. The van der Waals surface area contributed by atoms with Crippen LogP contribution in [0.25, 0.3) is 0 Å². The van der Waals surface area contributed by atoms with Crippen molar-refractivity contribution in [3.63, 3.8) is 0 Å². The Balaban J connectivity index is 1.66. The highest BCUT2D eigenvalue weighted by molar-refractivity contribution is 7.09. The normalized spacial score (nSPS) is 14.4. The van der Waals surface area contributed by atoms with Crippen molar-refractivity contribution >= 4 is 29.2 Å². The van der Waals surface area contributed by atoms with Crippen LogP contribution in [0.4, 0.5) is 17.8 Å². The number of hydrogen-bond donors (Lipinski definition) is 2. The van der Waals surface area contributed by atoms with Crippen molar-refractivity contribution in [2.75, 3.05) is 42.2 Å². The van der Waals surface area contributed by atoms with Crippen LogP contribution in [0.5, 0.6) is 0 Å². The molecule has 0 spiro atoms. The zero-order valence-electron chi connectivity index (χ0n) is 12.0. The third-order valence-corrected chi connectivity index (χ3v) is 4.18. The van der Waals surface area contributed by atoms with Crippen LogP contribution in [0, 0.1) is 0 Å². The number of nitrogens with zero attached hydrogens (tertiary/aromatic N) is 5. The first-order valence-corrected chi connectivity index (χ1v) is 8.04. The van der Waals surface area contributed by atoms with E-state index in [-0.39, 0.29) is 0 Å². The van der Waals surface area contributed by atoms with Gasteiger partial charge in [-0.25, -0.2) is 4.98 Å². The molecule has 2 aromatic rings. The van der Waals surface area contributed by atoms with Gasteiger partial charge in [-0.05, 0) is 12.8 Å². The molecule has 112 valence electrons. The number of thiazole rings is 1. The number of anilines is 3. The second kappa shape index (κ2) is 6.66. The van der Waals surface area contributed by atoms with Crippen LogP contribution >= 0.6 is 11.3 Å². The van der Waals surface area contributed by atoms with Crippen molar-refractivity contribution in [2.45, 2.75) is 19.3 Å². The lowest BCUT2D eigenvalue weighted by molar-refractivity contribution is 0.874. The van der Waals surface area contributed by atoms with Gasteiger partial charge >= 0.3 is 0 Å². The lowest BCUT2D eigenvalue weighted by Gasteiger charge is -2.16. The molecule has 1 aliphatic heterocycles. The van der Waals surface area contributed by atoms with E-state index in [0.29, 0.717) is 11.9 Å². The summed E-state index contributed by atoms with van der Waals surface area (Å²) in [6.07, 6.45) is 5.10. The predicted octanol–water partition coefficient (Wildman–Crippen LogP) is 1.62. The van der Waals surface area contributed by atoms with Crippen LogP contribution in [-0.4, -0.2) is 46.6 Å². The summed E-state index contributed by atoms with van der Waals surface area (Å²) in [6, 6.07) is 0. The molecule has 2 N–H and O–H groups in total. The zero-order valence-corrected chi connectivity index (χ0v) is 12.9. The van der Waals surface area contributed by atoms with E-state index in [2.05, 4.69) is 35.5 Å². The fourth-order valence-corrected chi connectivity index (χ4v) is 2.89. The molecule has 3 rings (SSSR count). The zero-order chi connectivity index (χ0) is 14.5. The molecule has 0 aromatic carbocycles. The van der Waals surface area contributed by atoms with Crippen LogP contribution in [0.2, 0.25) is 0 Å². The van der Waals surface area contributed by atoms with Gasteiger partial charge in [-0.3, -0.25) is 0 Å². The van der Waals surface area contributed by atoms with E-state index in [9.17, 15) is 0 Å². The average Bonchev–Trinajstić information content (AvgIpc) is 3.20. The lowest BCUT2D eigenvalue weighted by Crippen LogP contribution is -2.22. The van der Waals surface area contributed by atoms with E-state index in [4.69, 9.17) is 0 Å². The Kier molecular flexibility index (Phi) is 4.44. The highest BCUT2D eigenvalue weighted by atomic mass is 32.1. The summed E-state index contributed by atoms with van der Waals surface area (Å²) in [5.41, 5.74) is 0. The third-order valence-electron chi connectivity index (χ3n) is 3.34. The van der Waals surface area contributed by atoms with Crippen molar-refractivity contribution in [3.8, 4) is 0 Å². The van der Waals surface area contributed by atoms with Gasteiger partial charge in [0.25, 0.3) is 0 Å². The average molecular weight is 305 g/mol. The molecule has 0 unspecified atom stereocenters. The molecule has 1 aliphatic rings. The minimum Gasteiger partial charge on any atom is -0.357 e. The Hall–Kier alpha value is -1.96. The molecule has 0 radical (unpaired) electrons. The molecule has 1 saturated heterocycles. The molecule has 21 heavy (non-hydrogen) atoms. The molecular formula is C13H19N7S. The van der Waals surface area contributed by atoms with E-state index in [1.807, 2.05) is 18.6 Å². The summed E-state index contributed by atoms with van der Waals surface area (Å²) in [5, 5.41) is 9.36. The van der Waals surface area contributed by atoms with Crippen molar-refractivity contribution < 1.29 is 0 Å². The topological polar surface area (TPSA) is 78.9 Å². The Morgan fingerprint density at radius 2 is 2.00 bits per heavy atom. The molecule has 3 heterocycles. The van der Waals surface area contributed by atoms with Gasteiger partial charge in [0.05, 0.1) is 5.01 Å². The molecule has 0 aliphatic carbocycles. The molecule has 2 aromatic heterocycles.